The molecule has 5 nitrogen and oxygen atoms in total. The third-order valence-electron chi connectivity index (χ3n) is 3.32. The first-order chi connectivity index (χ1) is 9.61. The van der Waals surface area contributed by atoms with Crippen LogP contribution in [0.15, 0.2) is 18.2 Å². The van der Waals surface area contributed by atoms with Crippen LogP contribution in [0.25, 0.3) is 0 Å². The topological polar surface area (TPSA) is 59.4 Å². The van der Waals surface area contributed by atoms with Crippen LogP contribution in [-0.4, -0.2) is 44.0 Å². The number of nitrogens with one attached hydrogen (secondary N) is 1. The van der Waals surface area contributed by atoms with Crippen molar-refractivity contribution in [2.75, 3.05) is 43.4 Å². The fourth-order valence-corrected chi connectivity index (χ4v) is 2.23. The largest absolute Gasteiger partial charge is 0.365 e. The van der Waals surface area contributed by atoms with Crippen LogP contribution in [0.3, 0.4) is 0 Å². The Hall–Kier alpha value is -2.13. The number of halogens is 1. The summed E-state index contributed by atoms with van der Waals surface area (Å²) in [6, 6.07) is 6.37. The summed E-state index contributed by atoms with van der Waals surface area (Å²) in [4.78, 5) is 15.6. The van der Waals surface area contributed by atoms with Crippen LogP contribution in [0.5, 0.6) is 0 Å². The van der Waals surface area contributed by atoms with Gasteiger partial charge in [-0.3, -0.25) is 4.79 Å². The lowest BCUT2D eigenvalue weighted by molar-refractivity contribution is -0.115. The van der Waals surface area contributed by atoms with Gasteiger partial charge in [0, 0.05) is 26.2 Å². The van der Waals surface area contributed by atoms with E-state index in [0.717, 1.165) is 13.1 Å². The lowest BCUT2D eigenvalue weighted by atomic mass is 10.2. The number of hydrogen-bond donors (Lipinski definition) is 1. The van der Waals surface area contributed by atoms with Gasteiger partial charge in [-0.1, -0.05) is 6.07 Å². The maximum Gasteiger partial charge on any atom is 0.238 e. The highest BCUT2D eigenvalue weighted by atomic mass is 19.1. The summed E-state index contributed by atoms with van der Waals surface area (Å²) in [5, 5.41) is 11.1. The second kappa shape index (κ2) is 6.35. The van der Waals surface area contributed by atoms with E-state index in [-0.39, 0.29) is 12.2 Å². The molecule has 0 atom stereocenters. The molecule has 1 aromatic rings. The van der Waals surface area contributed by atoms with Crippen molar-refractivity contribution in [1.82, 2.24) is 4.90 Å². The van der Waals surface area contributed by atoms with Gasteiger partial charge in [-0.2, -0.15) is 5.26 Å². The monoisotopic (exact) mass is 276 g/mol. The molecule has 20 heavy (non-hydrogen) atoms. The number of likely N-dealkylation sites (N-methyl/N-ethyl adjacent to an activating group) is 1. The molecule has 0 unspecified atom stereocenters. The van der Waals surface area contributed by atoms with Crippen LogP contribution in [0.4, 0.5) is 15.8 Å². The fraction of sp³-hybridized carbons (Fsp3) is 0.429. The van der Waals surface area contributed by atoms with E-state index < -0.39 is 5.91 Å². The molecule has 1 heterocycles. The Labute approximate surface area is 117 Å². The van der Waals surface area contributed by atoms with E-state index in [1.807, 2.05) is 11.9 Å². The van der Waals surface area contributed by atoms with Crippen molar-refractivity contribution in [3.8, 4) is 6.07 Å². The van der Waals surface area contributed by atoms with E-state index in [2.05, 4.69) is 10.2 Å². The van der Waals surface area contributed by atoms with Crippen LogP contribution in [0, 0.1) is 17.1 Å². The third kappa shape index (κ3) is 3.25. The minimum absolute atomic E-state index is 0.237. The van der Waals surface area contributed by atoms with Gasteiger partial charge in [-0.05, 0) is 19.2 Å². The zero-order valence-electron chi connectivity index (χ0n) is 11.4. The SMILES string of the molecule is CN1CCN(c2c(F)cccc2NC(=O)CC#N)CC1. The van der Waals surface area contributed by atoms with Gasteiger partial charge in [-0.15, -0.1) is 0 Å². The minimum Gasteiger partial charge on any atom is -0.365 e. The first kappa shape index (κ1) is 14.3. The average molecular weight is 276 g/mol. The van der Waals surface area contributed by atoms with Gasteiger partial charge in [0.2, 0.25) is 5.91 Å². The molecule has 106 valence electrons. The van der Waals surface area contributed by atoms with Gasteiger partial charge < -0.3 is 15.1 Å². The quantitative estimate of drug-likeness (QED) is 0.907. The summed E-state index contributed by atoms with van der Waals surface area (Å²) >= 11 is 0. The number of nitriles is 1. The molecule has 0 bridgehead atoms. The predicted octanol–water partition coefficient (Wildman–Crippen LogP) is 1.43. The lowest BCUT2D eigenvalue weighted by Gasteiger charge is -2.35. The number of piperazine rings is 1. The number of nitrogens with zero attached hydrogens (tertiary/aromatic N) is 3. The number of amides is 1. The molecule has 1 saturated heterocycles. The molecule has 1 aromatic carbocycles. The van der Waals surface area contributed by atoms with Crippen molar-refractivity contribution in [3.63, 3.8) is 0 Å². The number of para-hydroxylation sites is 1. The standard InChI is InChI=1S/C14H17FN4O/c1-18-7-9-19(10-8-18)14-11(15)3-2-4-12(14)17-13(20)5-6-16/h2-4H,5,7-10H2,1H3,(H,17,20). The molecule has 0 aromatic heterocycles. The molecule has 1 aliphatic rings. The van der Waals surface area contributed by atoms with Gasteiger partial charge in [-0.25, -0.2) is 4.39 Å². The summed E-state index contributed by atoms with van der Waals surface area (Å²) in [5.74, 6) is -0.780. The third-order valence-corrected chi connectivity index (χ3v) is 3.32. The van der Waals surface area contributed by atoms with Crippen molar-refractivity contribution in [2.24, 2.45) is 0 Å². The second-order valence-corrected chi connectivity index (χ2v) is 4.81. The molecule has 0 saturated carbocycles. The van der Waals surface area contributed by atoms with E-state index in [9.17, 15) is 9.18 Å². The molecule has 0 radical (unpaired) electrons. The van der Waals surface area contributed by atoms with Crippen molar-refractivity contribution < 1.29 is 9.18 Å². The fourth-order valence-electron chi connectivity index (χ4n) is 2.23. The van der Waals surface area contributed by atoms with Crippen LogP contribution < -0.4 is 10.2 Å². The normalized spacial score (nSPS) is 15.8. The number of anilines is 2. The van der Waals surface area contributed by atoms with Crippen molar-refractivity contribution in [3.05, 3.63) is 24.0 Å². The number of rotatable bonds is 3. The molecule has 6 heteroatoms. The first-order valence-corrected chi connectivity index (χ1v) is 6.50. The predicted molar refractivity (Wildman–Crippen MR) is 75.0 cm³/mol. The van der Waals surface area contributed by atoms with Crippen LogP contribution in [-0.2, 0) is 4.79 Å². The maximum atomic E-state index is 14.1. The van der Waals surface area contributed by atoms with E-state index >= 15 is 0 Å². The lowest BCUT2D eigenvalue weighted by Crippen LogP contribution is -2.45. The molecular formula is C14H17FN4O. The first-order valence-electron chi connectivity index (χ1n) is 6.50. The molecular weight excluding hydrogens is 259 g/mol. The van der Waals surface area contributed by atoms with Crippen LogP contribution in [0.1, 0.15) is 6.42 Å². The van der Waals surface area contributed by atoms with Gasteiger partial charge in [0.1, 0.15) is 12.2 Å². The molecule has 1 aliphatic heterocycles. The Balaban J connectivity index is 2.22. The van der Waals surface area contributed by atoms with Crippen LogP contribution in [0.2, 0.25) is 0 Å². The molecule has 1 fully saturated rings. The Morgan fingerprint density at radius 3 is 2.75 bits per heavy atom. The highest BCUT2D eigenvalue weighted by Gasteiger charge is 2.21. The molecule has 0 spiro atoms. The Bertz CT molecular complexity index is 532. The van der Waals surface area contributed by atoms with E-state index in [4.69, 9.17) is 5.26 Å². The van der Waals surface area contributed by atoms with Gasteiger partial charge in [0.05, 0.1) is 17.4 Å². The van der Waals surface area contributed by atoms with E-state index in [1.54, 1.807) is 18.2 Å². The number of carbonyl (C=O) groups excluding carboxylic acids is 1. The minimum atomic E-state index is -0.423. The smallest absolute Gasteiger partial charge is 0.238 e. The Morgan fingerprint density at radius 2 is 2.10 bits per heavy atom. The van der Waals surface area contributed by atoms with Gasteiger partial charge >= 0.3 is 0 Å². The molecule has 2 rings (SSSR count). The van der Waals surface area contributed by atoms with Gasteiger partial charge in [0.15, 0.2) is 0 Å². The zero-order valence-corrected chi connectivity index (χ0v) is 11.4. The second-order valence-electron chi connectivity index (χ2n) is 4.81. The van der Waals surface area contributed by atoms with Gasteiger partial charge in [0.25, 0.3) is 0 Å². The summed E-state index contributed by atoms with van der Waals surface area (Å²) < 4.78 is 14.1. The zero-order chi connectivity index (χ0) is 14.5. The van der Waals surface area contributed by atoms with Crippen LogP contribution >= 0.6 is 0 Å². The summed E-state index contributed by atoms with van der Waals surface area (Å²) in [5.41, 5.74) is 0.835. The highest BCUT2D eigenvalue weighted by Crippen LogP contribution is 2.30. The van der Waals surface area contributed by atoms with E-state index in [0.29, 0.717) is 24.5 Å². The number of hydrogen-bond acceptors (Lipinski definition) is 4. The average Bonchev–Trinajstić information content (AvgIpc) is 2.41. The van der Waals surface area contributed by atoms with Crippen molar-refractivity contribution >= 4 is 17.3 Å². The maximum absolute atomic E-state index is 14.1. The van der Waals surface area contributed by atoms with Crippen molar-refractivity contribution in [2.45, 2.75) is 6.42 Å². The molecule has 1 amide bonds. The highest BCUT2D eigenvalue weighted by molar-refractivity contribution is 5.95. The number of carbonyl (C=O) groups is 1. The number of benzene rings is 1. The molecule has 0 aliphatic carbocycles. The Morgan fingerprint density at radius 1 is 1.40 bits per heavy atom. The summed E-state index contributed by atoms with van der Waals surface area (Å²) in [6.45, 7) is 3.11. The summed E-state index contributed by atoms with van der Waals surface area (Å²) in [6.07, 6.45) is -0.237. The Kier molecular flexibility index (Phi) is 4.53. The van der Waals surface area contributed by atoms with Crippen molar-refractivity contribution in [1.29, 1.82) is 5.26 Å². The molecule has 1 N–H and O–H groups in total. The van der Waals surface area contributed by atoms with E-state index in [1.165, 1.54) is 6.07 Å². The summed E-state index contributed by atoms with van der Waals surface area (Å²) in [7, 11) is 2.02.